The second kappa shape index (κ2) is 8.07. The molecule has 1 fully saturated rings. The van der Waals surface area contributed by atoms with Crippen LogP contribution in [0.3, 0.4) is 0 Å². The topological polar surface area (TPSA) is 123 Å². The summed E-state index contributed by atoms with van der Waals surface area (Å²) in [4.78, 5) is 21.3. The lowest BCUT2D eigenvalue weighted by molar-refractivity contribution is -0.384. The summed E-state index contributed by atoms with van der Waals surface area (Å²) >= 11 is 0. The Bertz CT molecular complexity index is 997. The molecule has 3 heterocycles. The summed E-state index contributed by atoms with van der Waals surface area (Å²) in [6.07, 6.45) is 4.50. The van der Waals surface area contributed by atoms with Gasteiger partial charge in [0.15, 0.2) is 5.82 Å². The Morgan fingerprint density at radius 3 is 2.89 bits per heavy atom. The summed E-state index contributed by atoms with van der Waals surface area (Å²) in [6, 6.07) is 6.51. The first kappa shape index (κ1) is 20.0. The fourth-order valence-corrected chi connectivity index (χ4v) is 3.42. The fourth-order valence-electron chi connectivity index (χ4n) is 2.88. The summed E-state index contributed by atoms with van der Waals surface area (Å²) in [5.41, 5.74) is 0.650. The van der Waals surface area contributed by atoms with E-state index in [1.807, 2.05) is 6.92 Å². The van der Waals surface area contributed by atoms with Crippen LogP contribution in [0.25, 0.3) is 0 Å². The number of nitrogens with zero attached hydrogens (tertiary/aromatic N) is 5. The molecule has 1 aliphatic rings. The summed E-state index contributed by atoms with van der Waals surface area (Å²) in [7, 11) is -2.43. The van der Waals surface area contributed by atoms with Crippen molar-refractivity contribution in [2.24, 2.45) is 4.36 Å². The van der Waals surface area contributed by atoms with Gasteiger partial charge in [0.25, 0.3) is 0 Å². The molecular weight excluding hydrogens is 384 g/mol. The molecule has 10 nitrogen and oxygen atoms in total. The van der Waals surface area contributed by atoms with E-state index in [2.05, 4.69) is 24.5 Å². The van der Waals surface area contributed by atoms with Gasteiger partial charge in [0.1, 0.15) is 5.82 Å². The Hall–Kier alpha value is -2.79. The Balaban J connectivity index is 2.05. The highest BCUT2D eigenvalue weighted by atomic mass is 32.2. The van der Waals surface area contributed by atoms with E-state index in [1.165, 1.54) is 30.8 Å². The van der Waals surface area contributed by atoms with Crippen LogP contribution < -0.4 is 10.2 Å². The van der Waals surface area contributed by atoms with E-state index >= 15 is 0 Å². The zero-order chi connectivity index (χ0) is 20.3. The second-order valence-electron chi connectivity index (χ2n) is 6.71. The molecule has 1 atom stereocenters. The van der Waals surface area contributed by atoms with Crippen LogP contribution in [0.15, 0.2) is 34.8 Å². The quantitative estimate of drug-likeness (QED) is 0.594. The number of nitrogens with one attached hydrogen (secondary N) is 1. The van der Waals surface area contributed by atoms with Crippen LogP contribution >= 0.6 is 0 Å². The van der Waals surface area contributed by atoms with E-state index in [0.717, 1.165) is 5.69 Å². The van der Waals surface area contributed by atoms with Crippen LogP contribution in [-0.4, -0.2) is 57.4 Å². The largest absolute Gasteiger partial charge is 0.377 e. The van der Waals surface area contributed by atoms with E-state index in [4.69, 9.17) is 4.74 Å². The predicted octanol–water partition coefficient (Wildman–Crippen LogP) is 2.71. The van der Waals surface area contributed by atoms with Gasteiger partial charge in [-0.2, -0.15) is 4.36 Å². The maximum absolute atomic E-state index is 12.2. The minimum Gasteiger partial charge on any atom is -0.377 e. The SMILES string of the molecule is C[C@@H]1COCCN1c1cc(N=S(C)(C)=O)nc(Nc2ncccc2[N+](=O)[O-])c1. The van der Waals surface area contributed by atoms with Crippen molar-refractivity contribution in [1.29, 1.82) is 0 Å². The van der Waals surface area contributed by atoms with Crippen molar-refractivity contribution in [3.05, 3.63) is 40.6 Å². The molecule has 0 spiro atoms. The van der Waals surface area contributed by atoms with Gasteiger partial charge in [-0.15, -0.1) is 0 Å². The first-order valence-corrected chi connectivity index (χ1v) is 11.0. The minimum atomic E-state index is -2.43. The highest BCUT2D eigenvalue weighted by molar-refractivity contribution is 7.92. The molecule has 0 radical (unpaired) electrons. The Morgan fingerprint density at radius 1 is 1.43 bits per heavy atom. The molecule has 0 aliphatic carbocycles. The number of ether oxygens (including phenoxy) is 1. The molecule has 28 heavy (non-hydrogen) atoms. The van der Waals surface area contributed by atoms with E-state index in [9.17, 15) is 14.3 Å². The van der Waals surface area contributed by atoms with Crippen LogP contribution in [0.5, 0.6) is 0 Å². The summed E-state index contributed by atoms with van der Waals surface area (Å²) in [5, 5.41) is 14.2. The average molecular weight is 406 g/mol. The molecule has 0 amide bonds. The smallest absolute Gasteiger partial charge is 0.311 e. The minimum absolute atomic E-state index is 0.0758. The van der Waals surface area contributed by atoms with Gasteiger partial charge in [-0.25, -0.2) is 14.2 Å². The lowest BCUT2D eigenvalue weighted by Crippen LogP contribution is -2.43. The van der Waals surface area contributed by atoms with Crippen LogP contribution in [0, 0.1) is 10.1 Å². The molecule has 150 valence electrons. The Morgan fingerprint density at radius 2 is 2.21 bits per heavy atom. The van der Waals surface area contributed by atoms with E-state index in [-0.39, 0.29) is 23.4 Å². The van der Waals surface area contributed by atoms with Crippen LogP contribution in [-0.2, 0) is 14.5 Å². The second-order valence-corrected chi connectivity index (χ2v) is 9.26. The molecular formula is C17H22N6O4S. The van der Waals surface area contributed by atoms with Crippen molar-refractivity contribution in [1.82, 2.24) is 9.97 Å². The number of nitro groups is 1. The number of morpholine rings is 1. The molecule has 2 aromatic rings. The van der Waals surface area contributed by atoms with Crippen molar-refractivity contribution in [2.75, 3.05) is 42.5 Å². The number of aromatic nitrogens is 2. The van der Waals surface area contributed by atoms with E-state index in [1.54, 1.807) is 12.1 Å². The van der Waals surface area contributed by atoms with Gasteiger partial charge >= 0.3 is 5.69 Å². The number of hydrogen-bond acceptors (Lipinski definition) is 9. The molecule has 3 rings (SSSR count). The van der Waals surface area contributed by atoms with Crippen molar-refractivity contribution in [3.8, 4) is 0 Å². The lowest BCUT2D eigenvalue weighted by atomic mass is 10.2. The zero-order valence-electron chi connectivity index (χ0n) is 15.9. The molecule has 0 aromatic carbocycles. The van der Waals surface area contributed by atoms with Crippen molar-refractivity contribution in [3.63, 3.8) is 0 Å². The van der Waals surface area contributed by atoms with Gasteiger partial charge in [-0.05, 0) is 13.0 Å². The van der Waals surface area contributed by atoms with Crippen LogP contribution in [0.4, 0.5) is 28.8 Å². The van der Waals surface area contributed by atoms with Crippen molar-refractivity contribution < 1.29 is 13.9 Å². The first-order valence-electron chi connectivity index (χ1n) is 8.63. The maximum atomic E-state index is 12.2. The molecule has 0 unspecified atom stereocenters. The number of hydrogen-bond donors (Lipinski definition) is 1. The van der Waals surface area contributed by atoms with Crippen LogP contribution in [0.2, 0.25) is 0 Å². The zero-order valence-corrected chi connectivity index (χ0v) is 16.7. The van der Waals surface area contributed by atoms with Gasteiger partial charge in [0, 0.05) is 64.9 Å². The number of pyridine rings is 2. The Labute approximate surface area is 163 Å². The van der Waals surface area contributed by atoms with E-state index < -0.39 is 14.7 Å². The van der Waals surface area contributed by atoms with Gasteiger partial charge in [0.05, 0.1) is 18.1 Å². The van der Waals surface area contributed by atoms with Crippen molar-refractivity contribution >= 4 is 38.6 Å². The third-order valence-corrected chi connectivity index (χ3v) is 4.67. The number of rotatable bonds is 5. The summed E-state index contributed by atoms with van der Waals surface area (Å²) in [6.45, 7) is 3.89. The highest BCUT2D eigenvalue weighted by Crippen LogP contribution is 2.30. The standard InChI is InChI=1S/C17H22N6O4S/c1-12-11-27-8-7-22(12)13-9-15(19-16(10-13)21-28(2,3)26)20-17-14(23(24)25)5-4-6-18-17/h4-6,9-10,12H,7-8,11H2,1-3H3,(H,18,19,20)/t12-/m1/s1. The van der Waals surface area contributed by atoms with Crippen molar-refractivity contribution in [2.45, 2.75) is 13.0 Å². The van der Waals surface area contributed by atoms with Gasteiger partial charge in [-0.3, -0.25) is 10.1 Å². The monoisotopic (exact) mass is 406 g/mol. The van der Waals surface area contributed by atoms with Gasteiger partial charge in [0.2, 0.25) is 5.82 Å². The molecule has 2 aromatic heterocycles. The average Bonchev–Trinajstić information content (AvgIpc) is 2.60. The molecule has 1 saturated heterocycles. The van der Waals surface area contributed by atoms with Gasteiger partial charge < -0.3 is 15.0 Å². The van der Waals surface area contributed by atoms with Gasteiger partial charge in [-0.1, -0.05) is 0 Å². The third kappa shape index (κ3) is 4.93. The molecule has 0 saturated carbocycles. The Kier molecular flexibility index (Phi) is 5.75. The number of anilines is 3. The molecule has 0 bridgehead atoms. The predicted molar refractivity (Wildman–Crippen MR) is 108 cm³/mol. The normalized spacial score (nSPS) is 17.2. The molecule has 1 N–H and O–H groups in total. The highest BCUT2D eigenvalue weighted by Gasteiger charge is 2.21. The van der Waals surface area contributed by atoms with Crippen LogP contribution in [0.1, 0.15) is 6.92 Å². The molecule has 1 aliphatic heterocycles. The summed E-state index contributed by atoms with van der Waals surface area (Å²) < 4.78 is 21.8. The lowest BCUT2D eigenvalue weighted by Gasteiger charge is -2.35. The first-order chi connectivity index (χ1) is 13.2. The summed E-state index contributed by atoms with van der Waals surface area (Å²) in [5.74, 6) is 0.694. The third-order valence-electron chi connectivity index (χ3n) is 4.04. The molecule has 11 heteroatoms. The van der Waals surface area contributed by atoms with E-state index in [0.29, 0.717) is 25.6 Å². The fraction of sp³-hybridized carbons (Fsp3) is 0.412. The maximum Gasteiger partial charge on any atom is 0.311 e.